The van der Waals surface area contributed by atoms with Gasteiger partial charge in [-0.2, -0.15) is 0 Å². The van der Waals surface area contributed by atoms with E-state index < -0.39 is 6.36 Å². The summed E-state index contributed by atoms with van der Waals surface area (Å²) in [7, 11) is 0. The van der Waals surface area contributed by atoms with E-state index in [0.29, 0.717) is 31.9 Å². The molecule has 1 fully saturated rings. The van der Waals surface area contributed by atoms with Crippen LogP contribution in [-0.2, 0) is 4.79 Å². The van der Waals surface area contributed by atoms with Crippen LogP contribution in [0.15, 0.2) is 42.5 Å². The molecule has 1 aliphatic rings. The highest BCUT2D eigenvalue weighted by atomic mass is 19.4. The first-order chi connectivity index (χ1) is 14.6. The fourth-order valence-corrected chi connectivity index (χ4v) is 3.25. The second-order valence-corrected chi connectivity index (χ2v) is 7.21. The van der Waals surface area contributed by atoms with Crippen LogP contribution in [0.25, 0.3) is 0 Å². The van der Waals surface area contributed by atoms with Crippen LogP contribution < -0.4 is 10.1 Å². The number of hydrogen-bond acceptors (Lipinski definition) is 5. The average molecular weight is 437 g/mol. The van der Waals surface area contributed by atoms with E-state index in [-0.39, 0.29) is 35.4 Å². The lowest BCUT2D eigenvalue weighted by atomic mass is 10.1. The van der Waals surface area contributed by atoms with Crippen LogP contribution in [0.4, 0.5) is 18.9 Å². The zero-order valence-corrected chi connectivity index (χ0v) is 16.8. The van der Waals surface area contributed by atoms with Gasteiger partial charge in [0.2, 0.25) is 5.91 Å². The number of nitrogens with one attached hydrogen (secondary N) is 1. The maximum Gasteiger partial charge on any atom is 0.573 e. The van der Waals surface area contributed by atoms with E-state index in [1.54, 1.807) is 17.0 Å². The molecule has 0 saturated carbocycles. The predicted molar refractivity (Wildman–Crippen MR) is 107 cm³/mol. The molecule has 1 aliphatic heterocycles. The first kappa shape index (κ1) is 22.4. The number of halogens is 3. The number of phenolic OH excluding ortho intramolecular Hbond substituents is 1. The van der Waals surface area contributed by atoms with Gasteiger partial charge in [-0.3, -0.25) is 14.5 Å². The second-order valence-electron chi connectivity index (χ2n) is 7.21. The van der Waals surface area contributed by atoms with E-state index in [0.717, 1.165) is 17.7 Å². The van der Waals surface area contributed by atoms with Crippen LogP contribution in [0.2, 0.25) is 0 Å². The van der Waals surface area contributed by atoms with Crippen molar-refractivity contribution >= 4 is 17.5 Å². The molecule has 2 aromatic rings. The van der Waals surface area contributed by atoms with Gasteiger partial charge in [-0.05, 0) is 48.9 Å². The van der Waals surface area contributed by atoms with Crippen LogP contribution >= 0.6 is 0 Å². The molecule has 1 heterocycles. The second kappa shape index (κ2) is 9.25. The summed E-state index contributed by atoms with van der Waals surface area (Å²) in [5.41, 5.74) is 1.45. The van der Waals surface area contributed by atoms with Gasteiger partial charge in [0.15, 0.2) is 0 Å². The Hall–Kier alpha value is -3.27. The summed E-state index contributed by atoms with van der Waals surface area (Å²) in [5.74, 6) is -1.01. The van der Waals surface area contributed by atoms with Crippen molar-refractivity contribution in [1.29, 1.82) is 0 Å². The fourth-order valence-electron chi connectivity index (χ4n) is 3.25. The Morgan fingerprint density at radius 1 is 1.06 bits per heavy atom. The van der Waals surface area contributed by atoms with E-state index in [1.807, 2.05) is 11.8 Å². The van der Waals surface area contributed by atoms with Crippen molar-refractivity contribution < 1.29 is 32.6 Å². The van der Waals surface area contributed by atoms with Crippen LogP contribution in [-0.4, -0.2) is 65.8 Å². The third kappa shape index (κ3) is 6.35. The Kier molecular flexibility index (Phi) is 6.69. The monoisotopic (exact) mass is 437 g/mol. The van der Waals surface area contributed by atoms with E-state index in [9.17, 15) is 27.9 Å². The minimum Gasteiger partial charge on any atom is -0.507 e. The third-order valence-corrected chi connectivity index (χ3v) is 4.78. The number of aryl methyl sites for hydroxylation is 1. The van der Waals surface area contributed by atoms with Gasteiger partial charge in [-0.1, -0.05) is 6.07 Å². The summed E-state index contributed by atoms with van der Waals surface area (Å²) in [6.07, 6.45) is -4.77. The van der Waals surface area contributed by atoms with Crippen molar-refractivity contribution in [2.24, 2.45) is 0 Å². The lowest BCUT2D eigenvalue weighted by molar-refractivity contribution is -0.274. The van der Waals surface area contributed by atoms with Crippen LogP contribution in [0.3, 0.4) is 0 Å². The number of alkyl halides is 3. The Morgan fingerprint density at radius 2 is 1.71 bits per heavy atom. The number of aromatic hydroxyl groups is 1. The third-order valence-electron chi connectivity index (χ3n) is 4.78. The number of piperazine rings is 1. The molecule has 7 nitrogen and oxygen atoms in total. The highest BCUT2D eigenvalue weighted by Crippen LogP contribution is 2.24. The summed E-state index contributed by atoms with van der Waals surface area (Å²) in [4.78, 5) is 28.3. The Morgan fingerprint density at radius 3 is 2.29 bits per heavy atom. The van der Waals surface area contributed by atoms with Gasteiger partial charge in [-0.25, -0.2) is 0 Å². The number of amides is 2. The molecule has 0 atom stereocenters. The quantitative estimate of drug-likeness (QED) is 0.752. The summed E-state index contributed by atoms with van der Waals surface area (Å²) in [5, 5.41) is 12.6. The summed E-state index contributed by atoms with van der Waals surface area (Å²) in [6.45, 7) is 3.67. The van der Waals surface area contributed by atoms with Gasteiger partial charge in [0.1, 0.15) is 11.5 Å². The van der Waals surface area contributed by atoms with E-state index in [4.69, 9.17) is 0 Å². The first-order valence-corrected chi connectivity index (χ1v) is 9.57. The molecular weight excluding hydrogens is 415 g/mol. The van der Waals surface area contributed by atoms with Crippen molar-refractivity contribution in [3.63, 3.8) is 0 Å². The smallest absolute Gasteiger partial charge is 0.507 e. The highest BCUT2D eigenvalue weighted by Gasteiger charge is 2.31. The van der Waals surface area contributed by atoms with E-state index >= 15 is 0 Å². The zero-order valence-electron chi connectivity index (χ0n) is 16.8. The lowest BCUT2D eigenvalue weighted by Gasteiger charge is -2.34. The Bertz CT molecular complexity index is 940. The van der Waals surface area contributed by atoms with Crippen LogP contribution in [0, 0.1) is 6.92 Å². The molecule has 3 rings (SSSR count). The predicted octanol–water partition coefficient (Wildman–Crippen LogP) is 3.00. The maximum atomic E-state index is 12.6. The Labute approximate surface area is 177 Å². The number of anilines is 1. The van der Waals surface area contributed by atoms with Gasteiger partial charge < -0.3 is 20.1 Å². The van der Waals surface area contributed by atoms with Crippen molar-refractivity contribution in [2.45, 2.75) is 13.3 Å². The number of carbonyl (C=O) groups excluding carboxylic acids is 2. The van der Waals surface area contributed by atoms with Gasteiger partial charge in [0, 0.05) is 31.9 Å². The first-order valence-electron chi connectivity index (χ1n) is 9.57. The fraction of sp³-hybridized carbons (Fsp3) is 0.333. The average Bonchev–Trinajstić information content (AvgIpc) is 2.68. The summed E-state index contributed by atoms with van der Waals surface area (Å²) >= 11 is 0. The number of hydrogen-bond donors (Lipinski definition) is 2. The molecule has 1 saturated heterocycles. The van der Waals surface area contributed by atoms with Crippen LogP contribution in [0.5, 0.6) is 11.5 Å². The minimum absolute atomic E-state index is 0.0570. The van der Waals surface area contributed by atoms with Gasteiger partial charge in [0.05, 0.1) is 12.1 Å². The maximum absolute atomic E-state index is 12.6. The summed E-state index contributed by atoms with van der Waals surface area (Å²) in [6, 6.07) is 9.78. The molecule has 0 radical (unpaired) electrons. The van der Waals surface area contributed by atoms with Crippen molar-refractivity contribution in [3.8, 4) is 11.5 Å². The molecule has 2 amide bonds. The standard InChI is InChI=1S/C21H22F3N3O4/c1-14-2-7-17(18(28)12-14)20(30)27-10-8-26(9-11-27)13-19(29)25-15-3-5-16(6-4-15)31-21(22,23)24/h2-7,12,28H,8-11,13H2,1H3,(H,25,29). The molecule has 0 aliphatic carbocycles. The molecule has 31 heavy (non-hydrogen) atoms. The largest absolute Gasteiger partial charge is 0.573 e. The topological polar surface area (TPSA) is 82.1 Å². The number of rotatable bonds is 5. The van der Waals surface area contributed by atoms with Crippen molar-refractivity contribution in [3.05, 3.63) is 53.6 Å². The molecule has 2 N–H and O–H groups in total. The van der Waals surface area contributed by atoms with E-state index in [1.165, 1.54) is 18.2 Å². The van der Waals surface area contributed by atoms with Crippen molar-refractivity contribution in [2.75, 3.05) is 38.0 Å². The lowest BCUT2D eigenvalue weighted by Crippen LogP contribution is -2.50. The number of phenols is 1. The zero-order chi connectivity index (χ0) is 22.6. The molecule has 0 aromatic heterocycles. The van der Waals surface area contributed by atoms with Crippen LogP contribution in [0.1, 0.15) is 15.9 Å². The summed E-state index contributed by atoms with van der Waals surface area (Å²) < 4.78 is 40.4. The molecule has 0 unspecified atom stereocenters. The number of nitrogens with zero attached hydrogens (tertiary/aromatic N) is 2. The number of benzene rings is 2. The minimum atomic E-state index is -4.77. The molecular formula is C21H22F3N3O4. The number of ether oxygens (including phenoxy) is 1. The molecule has 0 spiro atoms. The molecule has 0 bridgehead atoms. The van der Waals surface area contributed by atoms with Gasteiger partial charge >= 0.3 is 6.36 Å². The highest BCUT2D eigenvalue weighted by molar-refractivity contribution is 5.97. The number of carbonyl (C=O) groups is 2. The normalized spacial score (nSPS) is 14.9. The molecule has 2 aromatic carbocycles. The van der Waals surface area contributed by atoms with Gasteiger partial charge in [0.25, 0.3) is 5.91 Å². The van der Waals surface area contributed by atoms with E-state index in [2.05, 4.69) is 10.1 Å². The van der Waals surface area contributed by atoms with Gasteiger partial charge in [-0.15, -0.1) is 13.2 Å². The molecule has 166 valence electrons. The Balaban J connectivity index is 1.47. The molecule has 10 heteroatoms. The SMILES string of the molecule is Cc1ccc(C(=O)N2CCN(CC(=O)Nc3ccc(OC(F)(F)F)cc3)CC2)c(O)c1. The van der Waals surface area contributed by atoms with Crippen molar-refractivity contribution in [1.82, 2.24) is 9.80 Å².